The molecule has 1 unspecified atom stereocenters. The maximum absolute atomic E-state index is 12.1. The number of urea groups is 1. The molecule has 2 rings (SSSR count). The lowest BCUT2D eigenvalue weighted by Crippen LogP contribution is -2.56. The average Bonchev–Trinajstić information content (AvgIpc) is 2.60. The summed E-state index contributed by atoms with van der Waals surface area (Å²) in [5.41, 5.74) is 0.675. The lowest BCUT2D eigenvalue weighted by atomic mass is 9.85. The van der Waals surface area contributed by atoms with Gasteiger partial charge in [0.1, 0.15) is 5.75 Å². The fourth-order valence-corrected chi connectivity index (χ4v) is 3.29. The van der Waals surface area contributed by atoms with Crippen molar-refractivity contribution in [1.29, 1.82) is 0 Å². The van der Waals surface area contributed by atoms with E-state index in [-0.39, 0.29) is 37.3 Å². The van der Waals surface area contributed by atoms with Gasteiger partial charge in [-0.15, -0.1) is 0 Å². The normalized spacial score (nSPS) is 19.8. The second-order valence-corrected chi connectivity index (χ2v) is 7.39. The topological polar surface area (TPSA) is 111 Å². The number of carboxylic acids is 1. The van der Waals surface area contributed by atoms with E-state index in [1.165, 1.54) is 0 Å². The summed E-state index contributed by atoms with van der Waals surface area (Å²) in [6.45, 7) is 6.57. The first-order valence-electron chi connectivity index (χ1n) is 9.73. The zero-order valence-corrected chi connectivity index (χ0v) is 16.7. The second-order valence-electron chi connectivity index (χ2n) is 7.39. The lowest BCUT2D eigenvalue weighted by molar-refractivity contribution is -0.139. The minimum Gasteiger partial charge on any atom is -0.491 e. The SMILES string of the molecule is CCN(CC(=O)O)C1CC(NC(=O)NCC(O)c2cccc(OC(C)C)c2)C1. The molecule has 1 aliphatic carbocycles. The molecule has 4 N–H and O–H groups in total. The summed E-state index contributed by atoms with van der Waals surface area (Å²) in [5, 5.41) is 24.8. The molecule has 1 aromatic rings. The number of likely N-dealkylation sites (N-methyl/N-ethyl adjacent to an activating group) is 1. The van der Waals surface area contributed by atoms with Gasteiger partial charge in [0.15, 0.2) is 0 Å². The van der Waals surface area contributed by atoms with E-state index in [1.54, 1.807) is 18.2 Å². The van der Waals surface area contributed by atoms with Crippen LogP contribution in [0.15, 0.2) is 24.3 Å². The number of ether oxygens (including phenoxy) is 1. The smallest absolute Gasteiger partial charge is 0.317 e. The number of aliphatic hydroxyl groups excluding tert-OH is 1. The summed E-state index contributed by atoms with van der Waals surface area (Å²) in [7, 11) is 0. The van der Waals surface area contributed by atoms with Crippen LogP contribution in [0, 0.1) is 0 Å². The van der Waals surface area contributed by atoms with Crippen LogP contribution < -0.4 is 15.4 Å². The third-order valence-electron chi connectivity index (χ3n) is 4.78. The van der Waals surface area contributed by atoms with Crippen LogP contribution in [0.5, 0.6) is 5.75 Å². The van der Waals surface area contributed by atoms with E-state index in [4.69, 9.17) is 9.84 Å². The van der Waals surface area contributed by atoms with Crippen LogP contribution in [-0.2, 0) is 4.79 Å². The monoisotopic (exact) mass is 393 g/mol. The Labute approximate surface area is 165 Å². The van der Waals surface area contributed by atoms with Gasteiger partial charge in [-0.2, -0.15) is 0 Å². The quantitative estimate of drug-likeness (QED) is 0.482. The summed E-state index contributed by atoms with van der Waals surface area (Å²) < 4.78 is 5.62. The molecule has 0 spiro atoms. The number of carbonyl (C=O) groups excluding carboxylic acids is 1. The minimum absolute atomic E-state index is 0.0197. The molecule has 2 amide bonds. The Morgan fingerprint density at radius 3 is 2.64 bits per heavy atom. The number of hydrogen-bond acceptors (Lipinski definition) is 5. The molecule has 8 nitrogen and oxygen atoms in total. The maximum atomic E-state index is 12.1. The highest BCUT2D eigenvalue weighted by Crippen LogP contribution is 2.25. The molecule has 0 aliphatic heterocycles. The van der Waals surface area contributed by atoms with Crippen LogP contribution in [0.1, 0.15) is 45.3 Å². The van der Waals surface area contributed by atoms with Crippen molar-refractivity contribution in [3.8, 4) is 5.75 Å². The Bertz CT molecular complexity index is 661. The zero-order valence-electron chi connectivity index (χ0n) is 16.7. The van der Waals surface area contributed by atoms with Gasteiger partial charge in [-0.25, -0.2) is 4.79 Å². The predicted molar refractivity (Wildman–Crippen MR) is 105 cm³/mol. The molecule has 156 valence electrons. The van der Waals surface area contributed by atoms with Gasteiger partial charge in [-0.05, 0) is 50.9 Å². The van der Waals surface area contributed by atoms with Gasteiger partial charge in [-0.1, -0.05) is 19.1 Å². The summed E-state index contributed by atoms with van der Waals surface area (Å²) in [6.07, 6.45) is 0.667. The molecule has 0 radical (unpaired) electrons. The number of carbonyl (C=O) groups is 2. The van der Waals surface area contributed by atoms with E-state index in [9.17, 15) is 14.7 Å². The molecular weight excluding hydrogens is 362 g/mol. The maximum Gasteiger partial charge on any atom is 0.317 e. The molecule has 0 bridgehead atoms. The summed E-state index contributed by atoms with van der Waals surface area (Å²) >= 11 is 0. The van der Waals surface area contributed by atoms with Crippen LogP contribution in [-0.4, -0.2) is 64.9 Å². The third kappa shape index (κ3) is 6.69. The zero-order chi connectivity index (χ0) is 20.7. The Hall–Kier alpha value is -2.32. The molecule has 1 atom stereocenters. The molecular formula is C20H31N3O5. The van der Waals surface area contributed by atoms with Crippen LogP contribution in [0.25, 0.3) is 0 Å². The van der Waals surface area contributed by atoms with Crippen molar-refractivity contribution in [1.82, 2.24) is 15.5 Å². The van der Waals surface area contributed by atoms with E-state index in [0.29, 0.717) is 17.9 Å². The van der Waals surface area contributed by atoms with E-state index in [0.717, 1.165) is 12.8 Å². The highest BCUT2D eigenvalue weighted by Gasteiger charge is 2.34. The minimum atomic E-state index is -0.840. The van der Waals surface area contributed by atoms with Crippen LogP contribution in [0.2, 0.25) is 0 Å². The molecule has 1 aliphatic rings. The van der Waals surface area contributed by atoms with Gasteiger partial charge in [0.05, 0.1) is 18.8 Å². The lowest BCUT2D eigenvalue weighted by Gasteiger charge is -2.42. The fraction of sp³-hybridized carbons (Fsp3) is 0.600. The first kappa shape index (κ1) is 22.0. The Morgan fingerprint density at radius 2 is 2.04 bits per heavy atom. The van der Waals surface area contributed by atoms with Gasteiger partial charge < -0.3 is 25.6 Å². The molecule has 0 heterocycles. The van der Waals surface area contributed by atoms with Crippen LogP contribution in [0.4, 0.5) is 4.79 Å². The van der Waals surface area contributed by atoms with Gasteiger partial charge >= 0.3 is 12.0 Å². The van der Waals surface area contributed by atoms with Gasteiger partial charge in [0, 0.05) is 18.6 Å². The third-order valence-corrected chi connectivity index (χ3v) is 4.78. The number of carboxylic acid groups (broad SMARTS) is 1. The molecule has 1 fully saturated rings. The number of rotatable bonds is 10. The Morgan fingerprint density at radius 1 is 1.32 bits per heavy atom. The number of aliphatic carboxylic acids is 1. The highest BCUT2D eigenvalue weighted by atomic mass is 16.5. The highest BCUT2D eigenvalue weighted by molar-refractivity contribution is 5.74. The molecule has 0 aromatic heterocycles. The standard InChI is InChI=1S/C20H31N3O5/c1-4-23(12-19(25)26)16-9-15(10-16)22-20(27)21-11-18(24)14-6-5-7-17(8-14)28-13(2)3/h5-8,13,15-16,18,24H,4,9-12H2,1-3H3,(H,25,26)(H2,21,22,27). The number of hydrogen-bond donors (Lipinski definition) is 4. The number of aliphatic hydroxyl groups is 1. The van der Waals surface area contributed by atoms with Crippen molar-refractivity contribution in [2.45, 2.75) is 57.9 Å². The summed E-state index contributed by atoms with van der Waals surface area (Å²) in [4.78, 5) is 24.8. The van der Waals surface area contributed by atoms with Crippen LogP contribution in [0.3, 0.4) is 0 Å². The van der Waals surface area contributed by atoms with Crippen molar-refractivity contribution >= 4 is 12.0 Å². The summed E-state index contributed by atoms with van der Waals surface area (Å²) in [5.74, 6) is -0.161. The molecule has 28 heavy (non-hydrogen) atoms. The first-order valence-corrected chi connectivity index (χ1v) is 9.73. The average molecular weight is 393 g/mol. The predicted octanol–water partition coefficient (Wildman–Crippen LogP) is 1.74. The van der Waals surface area contributed by atoms with Crippen molar-refractivity contribution in [3.63, 3.8) is 0 Å². The van der Waals surface area contributed by atoms with E-state index in [2.05, 4.69) is 10.6 Å². The molecule has 1 aromatic carbocycles. The van der Waals surface area contributed by atoms with Gasteiger partial charge in [0.2, 0.25) is 0 Å². The number of amides is 2. The first-order chi connectivity index (χ1) is 13.3. The Balaban J connectivity index is 1.72. The van der Waals surface area contributed by atoms with Gasteiger partial charge in [0.25, 0.3) is 0 Å². The van der Waals surface area contributed by atoms with Crippen molar-refractivity contribution in [2.75, 3.05) is 19.6 Å². The van der Waals surface area contributed by atoms with E-state index in [1.807, 2.05) is 31.7 Å². The van der Waals surface area contributed by atoms with Crippen molar-refractivity contribution < 1.29 is 24.5 Å². The molecule has 1 saturated carbocycles. The van der Waals surface area contributed by atoms with Crippen LogP contribution >= 0.6 is 0 Å². The largest absolute Gasteiger partial charge is 0.491 e. The van der Waals surface area contributed by atoms with Gasteiger partial charge in [-0.3, -0.25) is 9.69 Å². The fourth-order valence-electron chi connectivity index (χ4n) is 3.29. The van der Waals surface area contributed by atoms with Crippen molar-refractivity contribution in [2.24, 2.45) is 0 Å². The second kappa shape index (κ2) is 10.3. The number of benzene rings is 1. The number of nitrogens with zero attached hydrogens (tertiary/aromatic N) is 1. The van der Waals surface area contributed by atoms with E-state index < -0.39 is 12.1 Å². The number of nitrogens with one attached hydrogen (secondary N) is 2. The molecule has 0 saturated heterocycles. The van der Waals surface area contributed by atoms with E-state index >= 15 is 0 Å². The summed E-state index contributed by atoms with van der Waals surface area (Å²) in [6, 6.07) is 7.05. The molecule has 8 heteroatoms. The van der Waals surface area contributed by atoms with Crippen molar-refractivity contribution in [3.05, 3.63) is 29.8 Å². The Kier molecular flexibility index (Phi) is 8.07.